The van der Waals surface area contributed by atoms with Crippen molar-refractivity contribution in [1.29, 1.82) is 0 Å². The summed E-state index contributed by atoms with van der Waals surface area (Å²) in [5.74, 6) is 0.0206. The van der Waals surface area contributed by atoms with Crippen molar-refractivity contribution in [2.75, 3.05) is 11.1 Å². The molecule has 4 aromatic rings. The molecule has 0 radical (unpaired) electrons. The highest BCUT2D eigenvalue weighted by atomic mass is 79.9. The third-order valence-electron chi connectivity index (χ3n) is 4.52. The fourth-order valence-electron chi connectivity index (χ4n) is 2.99. The Morgan fingerprint density at radius 1 is 1.07 bits per heavy atom. The van der Waals surface area contributed by atoms with E-state index in [-0.39, 0.29) is 11.9 Å². The molecule has 0 bridgehead atoms. The zero-order chi connectivity index (χ0) is 20.5. The van der Waals surface area contributed by atoms with E-state index in [1.165, 1.54) is 0 Å². The monoisotopic (exact) mass is 466 g/mol. The number of fused-ring (bicyclic) bond motifs is 1. The van der Waals surface area contributed by atoms with Gasteiger partial charge in [-0.15, -0.1) is 0 Å². The second kappa shape index (κ2) is 7.81. The van der Waals surface area contributed by atoms with E-state index in [0.717, 1.165) is 32.1 Å². The molecule has 7 heteroatoms. The van der Waals surface area contributed by atoms with Gasteiger partial charge in [-0.2, -0.15) is 0 Å². The number of benzene rings is 3. The van der Waals surface area contributed by atoms with E-state index < -0.39 is 0 Å². The van der Waals surface area contributed by atoms with Crippen LogP contribution in [0.2, 0.25) is 5.02 Å². The third-order valence-corrected chi connectivity index (χ3v) is 5.39. The van der Waals surface area contributed by atoms with Crippen molar-refractivity contribution < 1.29 is 4.79 Å². The average Bonchev–Trinajstić information content (AvgIpc) is 2.70. The van der Waals surface area contributed by atoms with Crippen LogP contribution < -0.4 is 11.1 Å². The summed E-state index contributed by atoms with van der Waals surface area (Å²) >= 11 is 9.66. The summed E-state index contributed by atoms with van der Waals surface area (Å²) in [6.07, 6.45) is 1.69. The molecule has 1 aromatic heterocycles. The number of nitrogens with one attached hydrogen (secondary N) is 1. The fourth-order valence-corrected chi connectivity index (χ4v) is 3.66. The number of aromatic nitrogens is 2. The molecule has 3 aromatic carbocycles. The Morgan fingerprint density at radius 3 is 2.69 bits per heavy atom. The van der Waals surface area contributed by atoms with E-state index in [1.54, 1.807) is 18.3 Å². The normalized spacial score (nSPS) is 10.9. The summed E-state index contributed by atoms with van der Waals surface area (Å²) in [6, 6.07) is 16.8. The molecule has 3 N–H and O–H groups in total. The SMILES string of the molecule is Cc1ccc(NC(=O)c2cc(Br)cc(-c3ccc4nc(N)ncc4c3)c2)cc1Cl. The molecule has 5 nitrogen and oxygen atoms in total. The van der Waals surface area contributed by atoms with Crippen molar-refractivity contribution in [3.8, 4) is 11.1 Å². The van der Waals surface area contributed by atoms with E-state index >= 15 is 0 Å². The lowest BCUT2D eigenvalue weighted by Crippen LogP contribution is -2.12. The van der Waals surface area contributed by atoms with E-state index in [9.17, 15) is 4.79 Å². The van der Waals surface area contributed by atoms with Gasteiger partial charge in [-0.05, 0) is 66.1 Å². The van der Waals surface area contributed by atoms with Gasteiger partial charge in [-0.25, -0.2) is 9.97 Å². The highest BCUT2D eigenvalue weighted by molar-refractivity contribution is 9.10. The molecule has 0 aliphatic rings. The number of carbonyl (C=O) groups is 1. The number of nitrogens with two attached hydrogens (primary N) is 1. The first-order valence-electron chi connectivity index (χ1n) is 8.80. The van der Waals surface area contributed by atoms with Crippen LogP contribution in [0.25, 0.3) is 22.0 Å². The van der Waals surface area contributed by atoms with Crippen LogP contribution in [0.1, 0.15) is 15.9 Å². The second-order valence-electron chi connectivity index (χ2n) is 6.65. The Bertz CT molecular complexity index is 1260. The predicted octanol–water partition coefficient (Wildman–Crippen LogP) is 5.86. The van der Waals surface area contributed by atoms with Crippen molar-refractivity contribution in [2.45, 2.75) is 6.92 Å². The van der Waals surface area contributed by atoms with E-state index in [4.69, 9.17) is 17.3 Å². The summed E-state index contributed by atoms with van der Waals surface area (Å²) in [4.78, 5) is 21.1. The van der Waals surface area contributed by atoms with Gasteiger partial charge in [0.15, 0.2) is 0 Å². The number of halogens is 2. The summed E-state index contributed by atoms with van der Waals surface area (Å²) in [5, 5.41) is 4.37. The van der Waals surface area contributed by atoms with Crippen LogP contribution >= 0.6 is 27.5 Å². The molecule has 0 unspecified atom stereocenters. The Balaban J connectivity index is 1.67. The molecule has 0 aliphatic heterocycles. The maximum Gasteiger partial charge on any atom is 0.255 e. The third kappa shape index (κ3) is 4.23. The van der Waals surface area contributed by atoms with E-state index in [2.05, 4.69) is 31.2 Å². The number of hydrogen-bond donors (Lipinski definition) is 2. The molecule has 0 saturated carbocycles. The lowest BCUT2D eigenvalue weighted by Gasteiger charge is -2.10. The van der Waals surface area contributed by atoms with Gasteiger partial charge in [0, 0.05) is 32.3 Å². The smallest absolute Gasteiger partial charge is 0.255 e. The Labute approximate surface area is 181 Å². The second-order valence-corrected chi connectivity index (χ2v) is 7.97. The Morgan fingerprint density at radius 2 is 1.90 bits per heavy atom. The maximum absolute atomic E-state index is 12.8. The lowest BCUT2D eigenvalue weighted by atomic mass is 10.0. The zero-order valence-corrected chi connectivity index (χ0v) is 17.8. The first kappa shape index (κ1) is 19.4. The fraction of sp³-hybridized carbons (Fsp3) is 0.0455. The quantitative estimate of drug-likeness (QED) is 0.396. The van der Waals surface area contributed by atoms with Gasteiger partial charge in [0.25, 0.3) is 5.91 Å². The Hall–Kier alpha value is -2.96. The first-order chi connectivity index (χ1) is 13.9. The predicted molar refractivity (Wildman–Crippen MR) is 121 cm³/mol. The zero-order valence-electron chi connectivity index (χ0n) is 15.4. The van der Waals surface area contributed by atoms with Crippen LogP contribution in [0.3, 0.4) is 0 Å². The number of amides is 1. The van der Waals surface area contributed by atoms with Crippen LogP contribution in [0, 0.1) is 6.92 Å². The molecule has 0 aliphatic carbocycles. The van der Waals surface area contributed by atoms with Crippen LogP contribution in [0.4, 0.5) is 11.6 Å². The Kier molecular flexibility index (Phi) is 5.22. The number of anilines is 2. The van der Waals surface area contributed by atoms with Crippen LogP contribution in [0.5, 0.6) is 0 Å². The topological polar surface area (TPSA) is 80.9 Å². The highest BCUT2D eigenvalue weighted by Gasteiger charge is 2.11. The van der Waals surface area contributed by atoms with Crippen molar-refractivity contribution in [3.63, 3.8) is 0 Å². The van der Waals surface area contributed by atoms with E-state index in [1.807, 2.05) is 49.4 Å². The molecule has 0 atom stereocenters. The molecular weight excluding hydrogens is 452 g/mol. The standard InChI is InChI=1S/C22H16BrClN4O/c1-12-2-4-18(10-19(12)24)27-21(29)15-7-14(8-17(23)9-15)13-3-5-20-16(6-13)11-26-22(25)28-20/h2-11H,1H3,(H,27,29)(H2,25,26,28). The highest BCUT2D eigenvalue weighted by Crippen LogP contribution is 2.28. The largest absolute Gasteiger partial charge is 0.368 e. The molecule has 29 heavy (non-hydrogen) atoms. The lowest BCUT2D eigenvalue weighted by molar-refractivity contribution is 0.102. The molecule has 4 rings (SSSR count). The van der Waals surface area contributed by atoms with Crippen molar-refractivity contribution in [1.82, 2.24) is 9.97 Å². The van der Waals surface area contributed by atoms with Gasteiger partial charge in [-0.3, -0.25) is 4.79 Å². The first-order valence-corrected chi connectivity index (χ1v) is 9.97. The molecule has 1 heterocycles. The molecule has 144 valence electrons. The minimum absolute atomic E-state index is 0.218. The van der Waals surface area contributed by atoms with Crippen LogP contribution in [-0.4, -0.2) is 15.9 Å². The number of rotatable bonds is 3. The van der Waals surface area contributed by atoms with Crippen molar-refractivity contribution in [2.24, 2.45) is 0 Å². The van der Waals surface area contributed by atoms with E-state index in [0.29, 0.717) is 16.3 Å². The van der Waals surface area contributed by atoms with Gasteiger partial charge in [0.2, 0.25) is 5.95 Å². The average molecular weight is 468 g/mol. The van der Waals surface area contributed by atoms with Gasteiger partial charge >= 0.3 is 0 Å². The van der Waals surface area contributed by atoms with Gasteiger partial charge in [0.1, 0.15) is 0 Å². The van der Waals surface area contributed by atoms with Gasteiger partial charge in [-0.1, -0.05) is 39.7 Å². The molecule has 0 spiro atoms. The van der Waals surface area contributed by atoms with Crippen LogP contribution in [0.15, 0.2) is 65.3 Å². The summed E-state index contributed by atoms with van der Waals surface area (Å²) in [7, 11) is 0. The number of nitrogen functional groups attached to an aromatic ring is 1. The molecule has 1 amide bonds. The summed E-state index contributed by atoms with van der Waals surface area (Å²) in [6.45, 7) is 1.91. The number of hydrogen-bond acceptors (Lipinski definition) is 4. The van der Waals surface area contributed by atoms with Crippen molar-refractivity contribution in [3.05, 3.63) is 81.4 Å². The molecule has 0 fully saturated rings. The summed E-state index contributed by atoms with van der Waals surface area (Å²) in [5.41, 5.74) is 10.4. The molecule has 0 saturated heterocycles. The maximum atomic E-state index is 12.8. The van der Waals surface area contributed by atoms with Crippen LogP contribution in [-0.2, 0) is 0 Å². The minimum Gasteiger partial charge on any atom is -0.368 e. The number of aryl methyl sites for hydroxylation is 1. The number of nitrogens with zero attached hydrogens (tertiary/aromatic N) is 2. The number of carbonyl (C=O) groups excluding carboxylic acids is 1. The summed E-state index contributed by atoms with van der Waals surface area (Å²) < 4.78 is 0.802. The van der Waals surface area contributed by atoms with Crippen molar-refractivity contribution >= 4 is 56.0 Å². The van der Waals surface area contributed by atoms with Gasteiger partial charge in [0.05, 0.1) is 5.52 Å². The molecular formula is C22H16BrClN4O. The van der Waals surface area contributed by atoms with Gasteiger partial charge < -0.3 is 11.1 Å². The minimum atomic E-state index is -0.218.